The summed E-state index contributed by atoms with van der Waals surface area (Å²) in [6.45, 7) is 2.19. The van der Waals surface area contributed by atoms with E-state index in [0.717, 1.165) is 43.9 Å². The van der Waals surface area contributed by atoms with Crippen molar-refractivity contribution in [3.63, 3.8) is 0 Å². The molecule has 0 aromatic heterocycles. The molecule has 3 atom stereocenters. The number of alkyl halides is 3. The number of benzene rings is 1. The number of likely N-dealkylation sites (tertiary alicyclic amines) is 1. The molecule has 0 saturated carbocycles. The lowest BCUT2D eigenvalue weighted by Crippen LogP contribution is -2.47. The van der Waals surface area contributed by atoms with E-state index in [1.807, 2.05) is 6.07 Å². The van der Waals surface area contributed by atoms with Crippen molar-refractivity contribution in [2.75, 3.05) is 20.4 Å². The summed E-state index contributed by atoms with van der Waals surface area (Å²) in [5.41, 5.74) is 1.23. The van der Waals surface area contributed by atoms with Gasteiger partial charge in [0.1, 0.15) is 6.10 Å². The summed E-state index contributed by atoms with van der Waals surface area (Å²) in [6, 6.07) is 6.54. The number of aliphatic carboxylic acids is 1. The number of halogens is 3. The van der Waals surface area contributed by atoms with Gasteiger partial charge in [-0.25, -0.2) is 4.79 Å². The fourth-order valence-corrected chi connectivity index (χ4v) is 3.84. The fourth-order valence-electron chi connectivity index (χ4n) is 3.84. The van der Waals surface area contributed by atoms with Crippen LogP contribution in [0.5, 0.6) is 11.5 Å². The van der Waals surface area contributed by atoms with Crippen LogP contribution in [-0.4, -0.2) is 66.7 Å². The Bertz CT molecular complexity index is 788. The van der Waals surface area contributed by atoms with E-state index in [2.05, 4.69) is 22.3 Å². The number of carboxylic acids is 1. The number of carboxylic acid groups (broad SMARTS) is 1. The molecule has 2 saturated heterocycles. The molecule has 0 spiro atoms. The molecule has 8 nitrogen and oxygen atoms in total. The van der Waals surface area contributed by atoms with Gasteiger partial charge in [0, 0.05) is 26.2 Å². The SMILES string of the molecule is CNC(=O)[C@H]1CC[C@@H]2[C@@H](CCN2Cc2ccc3c(c2)OCO3)O1.O=C(O)C(F)(F)F. The maximum Gasteiger partial charge on any atom is 0.490 e. The van der Waals surface area contributed by atoms with E-state index >= 15 is 0 Å². The summed E-state index contributed by atoms with van der Waals surface area (Å²) in [7, 11) is 1.67. The van der Waals surface area contributed by atoms with Crippen molar-refractivity contribution in [1.29, 1.82) is 0 Å². The number of hydrogen-bond acceptors (Lipinski definition) is 6. The van der Waals surface area contributed by atoms with Gasteiger partial charge in [-0.05, 0) is 37.0 Å². The van der Waals surface area contributed by atoms with Gasteiger partial charge in [-0.3, -0.25) is 9.69 Å². The van der Waals surface area contributed by atoms with Crippen LogP contribution in [0.15, 0.2) is 18.2 Å². The molecule has 30 heavy (non-hydrogen) atoms. The van der Waals surface area contributed by atoms with Crippen molar-refractivity contribution >= 4 is 11.9 Å². The molecule has 0 aliphatic carbocycles. The Morgan fingerprint density at radius 3 is 2.57 bits per heavy atom. The molecule has 1 aromatic carbocycles. The zero-order valence-corrected chi connectivity index (χ0v) is 16.3. The Balaban J connectivity index is 0.000000318. The number of carbonyl (C=O) groups excluding carboxylic acids is 1. The van der Waals surface area contributed by atoms with Gasteiger partial charge in [0.05, 0.1) is 6.10 Å². The topological polar surface area (TPSA) is 97.3 Å². The highest BCUT2D eigenvalue weighted by molar-refractivity contribution is 5.80. The van der Waals surface area contributed by atoms with Crippen LogP contribution >= 0.6 is 0 Å². The predicted octanol–water partition coefficient (Wildman–Crippen LogP) is 1.92. The van der Waals surface area contributed by atoms with Crippen LogP contribution in [-0.2, 0) is 20.9 Å². The molecule has 0 radical (unpaired) electrons. The minimum absolute atomic E-state index is 0.00216. The van der Waals surface area contributed by atoms with Crippen LogP contribution < -0.4 is 14.8 Å². The summed E-state index contributed by atoms with van der Waals surface area (Å²) < 4.78 is 48.6. The van der Waals surface area contributed by atoms with E-state index in [1.54, 1.807) is 7.05 Å². The first-order valence-corrected chi connectivity index (χ1v) is 9.48. The minimum Gasteiger partial charge on any atom is -0.475 e. The van der Waals surface area contributed by atoms with Crippen LogP contribution in [0.3, 0.4) is 0 Å². The Morgan fingerprint density at radius 1 is 1.20 bits per heavy atom. The average molecular weight is 432 g/mol. The third kappa shape index (κ3) is 5.14. The van der Waals surface area contributed by atoms with E-state index in [4.69, 9.17) is 24.1 Å². The van der Waals surface area contributed by atoms with Gasteiger partial charge in [0.15, 0.2) is 11.5 Å². The summed E-state index contributed by atoms with van der Waals surface area (Å²) >= 11 is 0. The van der Waals surface area contributed by atoms with Crippen molar-refractivity contribution in [2.24, 2.45) is 0 Å². The second-order valence-corrected chi connectivity index (χ2v) is 7.17. The average Bonchev–Trinajstić information content (AvgIpc) is 3.33. The van der Waals surface area contributed by atoms with Gasteiger partial charge in [0.25, 0.3) is 0 Å². The normalized spacial score (nSPS) is 25.1. The molecule has 2 N–H and O–H groups in total. The first-order chi connectivity index (χ1) is 14.2. The molecule has 3 aliphatic rings. The first kappa shape index (κ1) is 22.2. The number of amides is 1. The predicted molar refractivity (Wildman–Crippen MR) is 97.0 cm³/mol. The summed E-state index contributed by atoms with van der Waals surface area (Å²) in [4.78, 5) is 23.1. The molecule has 3 heterocycles. The summed E-state index contributed by atoms with van der Waals surface area (Å²) in [5.74, 6) is -1.11. The van der Waals surface area contributed by atoms with Crippen LogP contribution in [0.2, 0.25) is 0 Å². The van der Waals surface area contributed by atoms with E-state index in [1.165, 1.54) is 5.56 Å². The maximum absolute atomic E-state index is 11.8. The third-order valence-corrected chi connectivity index (χ3v) is 5.27. The van der Waals surface area contributed by atoms with Gasteiger partial charge in [-0.2, -0.15) is 13.2 Å². The largest absolute Gasteiger partial charge is 0.490 e. The van der Waals surface area contributed by atoms with Crippen LogP contribution in [0.1, 0.15) is 24.8 Å². The molecule has 0 unspecified atom stereocenters. The van der Waals surface area contributed by atoms with Crippen molar-refractivity contribution in [1.82, 2.24) is 10.2 Å². The molecule has 166 valence electrons. The highest BCUT2D eigenvalue weighted by atomic mass is 19.4. The first-order valence-electron chi connectivity index (χ1n) is 9.48. The number of nitrogens with one attached hydrogen (secondary N) is 1. The van der Waals surface area contributed by atoms with Crippen molar-refractivity contribution in [3.05, 3.63) is 23.8 Å². The molecule has 3 aliphatic heterocycles. The Morgan fingerprint density at radius 2 is 1.90 bits per heavy atom. The van der Waals surface area contributed by atoms with Crippen molar-refractivity contribution < 1.29 is 42.1 Å². The molecule has 0 bridgehead atoms. The molecule has 11 heteroatoms. The number of nitrogens with zero attached hydrogens (tertiary/aromatic N) is 1. The second kappa shape index (κ2) is 9.09. The van der Waals surface area contributed by atoms with Gasteiger partial charge in [0.2, 0.25) is 12.7 Å². The smallest absolute Gasteiger partial charge is 0.475 e. The minimum atomic E-state index is -5.08. The number of hydrogen-bond donors (Lipinski definition) is 2. The molecule has 2 fully saturated rings. The lowest BCUT2D eigenvalue weighted by atomic mass is 9.98. The van der Waals surface area contributed by atoms with E-state index in [9.17, 15) is 18.0 Å². The monoisotopic (exact) mass is 432 g/mol. The standard InChI is InChI=1S/C17H22N2O4.C2HF3O2/c1-18-17(20)15-5-3-12-13(23-15)6-7-19(12)9-11-2-4-14-16(8-11)22-10-21-14;3-2(4,5)1(6)7/h2,4,8,12-13,15H,3,5-7,9-10H2,1H3,(H,18,20);(H,6,7)/t12-,13-,15-;/m1./s1. The lowest BCUT2D eigenvalue weighted by molar-refractivity contribution is -0.192. The molecule has 1 amide bonds. The number of fused-ring (bicyclic) bond motifs is 2. The molecule has 4 rings (SSSR count). The zero-order chi connectivity index (χ0) is 21.9. The Labute approximate surface area is 170 Å². The fraction of sp³-hybridized carbons (Fsp3) is 0.579. The Kier molecular flexibility index (Phi) is 6.71. The molecular weight excluding hydrogens is 409 g/mol. The quantitative estimate of drug-likeness (QED) is 0.753. The number of ether oxygens (including phenoxy) is 3. The van der Waals surface area contributed by atoms with Crippen molar-refractivity contribution in [2.45, 2.75) is 50.2 Å². The zero-order valence-electron chi connectivity index (χ0n) is 16.3. The van der Waals surface area contributed by atoms with E-state index in [0.29, 0.717) is 12.8 Å². The van der Waals surface area contributed by atoms with Crippen LogP contribution in [0.4, 0.5) is 13.2 Å². The van der Waals surface area contributed by atoms with Gasteiger partial charge < -0.3 is 24.6 Å². The van der Waals surface area contributed by atoms with Crippen LogP contribution in [0, 0.1) is 0 Å². The van der Waals surface area contributed by atoms with Gasteiger partial charge in [-0.15, -0.1) is 0 Å². The number of rotatable bonds is 3. The van der Waals surface area contributed by atoms with Crippen molar-refractivity contribution in [3.8, 4) is 11.5 Å². The van der Waals surface area contributed by atoms with Gasteiger partial charge in [-0.1, -0.05) is 6.07 Å². The molecular formula is C19H23F3N2O6. The lowest BCUT2D eigenvalue weighted by Gasteiger charge is -2.35. The summed E-state index contributed by atoms with van der Waals surface area (Å²) in [6.07, 6.45) is -2.42. The number of likely N-dealkylation sites (N-methyl/N-ethyl adjacent to an activating group) is 1. The highest BCUT2D eigenvalue weighted by Crippen LogP contribution is 2.35. The Hall–Kier alpha value is -2.53. The second-order valence-electron chi connectivity index (χ2n) is 7.17. The highest BCUT2D eigenvalue weighted by Gasteiger charge is 2.41. The summed E-state index contributed by atoms with van der Waals surface area (Å²) in [5, 5.41) is 9.81. The van der Waals surface area contributed by atoms with Crippen LogP contribution in [0.25, 0.3) is 0 Å². The number of carbonyl (C=O) groups is 2. The van der Waals surface area contributed by atoms with E-state index < -0.39 is 12.1 Å². The van der Waals surface area contributed by atoms with Gasteiger partial charge >= 0.3 is 12.1 Å². The third-order valence-electron chi connectivity index (χ3n) is 5.27. The molecule has 1 aromatic rings. The van der Waals surface area contributed by atoms with E-state index in [-0.39, 0.29) is 18.1 Å². The maximum atomic E-state index is 11.8.